The third kappa shape index (κ3) is 3.68. The van der Waals surface area contributed by atoms with Gasteiger partial charge in [0.05, 0.1) is 18.0 Å². The molecule has 0 unspecified atom stereocenters. The Morgan fingerprint density at radius 2 is 2.33 bits per heavy atom. The second-order valence-electron chi connectivity index (χ2n) is 5.87. The number of aromatic nitrogens is 3. The Labute approximate surface area is 139 Å². The maximum atomic E-state index is 14.1. The van der Waals surface area contributed by atoms with E-state index in [4.69, 9.17) is 4.74 Å². The lowest BCUT2D eigenvalue weighted by molar-refractivity contribution is 0.0250. The first kappa shape index (κ1) is 16.7. The number of aromatic amines is 1. The molecule has 0 amide bonds. The molecule has 1 atom stereocenters. The summed E-state index contributed by atoms with van der Waals surface area (Å²) >= 11 is 0. The highest BCUT2D eigenvalue weighted by Gasteiger charge is 2.20. The van der Waals surface area contributed by atoms with Gasteiger partial charge in [-0.3, -0.25) is 14.9 Å². The predicted molar refractivity (Wildman–Crippen MR) is 86.4 cm³/mol. The molecule has 1 aliphatic rings. The van der Waals surface area contributed by atoms with E-state index in [0.717, 1.165) is 30.8 Å². The zero-order valence-electron chi connectivity index (χ0n) is 13.6. The molecule has 7 heteroatoms. The number of carbonyl (C=O) groups excluding carboxylic acids is 1. The molecule has 0 spiro atoms. The number of halogens is 1. The van der Waals surface area contributed by atoms with E-state index in [0.29, 0.717) is 18.7 Å². The number of hydrogen-bond donors (Lipinski definition) is 2. The van der Waals surface area contributed by atoms with Crippen LogP contribution in [-0.4, -0.2) is 40.7 Å². The Morgan fingerprint density at radius 1 is 1.46 bits per heavy atom. The number of nitrogens with one attached hydrogen (secondary N) is 2. The molecule has 0 bridgehead atoms. The predicted octanol–water partition coefficient (Wildman–Crippen LogP) is 1.98. The summed E-state index contributed by atoms with van der Waals surface area (Å²) in [4.78, 5) is 16.6. The summed E-state index contributed by atoms with van der Waals surface area (Å²) in [5.41, 5.74) is 1.82. The van der Waals surface area contributed by atoms with Crippen LogP contribution in [0.15, 0.2) is 18.3 Å². The zero-order chi connectivity index (χ0) is 16.9. The molecule has 24 heavy (non-hydrogen) atoms. The second-order valence-corrected chi connectivity index (χ2v) is 5.87. The highest BCUT2D eigenvalue weighted by atomic mass is 19.1. The van der Waals surface area contributed by atoms with Gasteiger partial charge in [-0.15, -0.1) is 0 Å². The number of rotatable bonds is 6. The molecule has 2 N–H and O–H groups in total. The molecule has 0 aromatic carbocycles. The minimum absolute atomic E-state index is 0.0658. The molecule has 2 aromatic rings. The van der Waals surface area contributed by atoms with Crippen LogP contribution in [0, 0.1) is 5.82 Å². The van der Waals surface area contributed by atoms with Crippen molar-refractivity contribution in [3.05, 3.63) is 46.8 Å². The van der Waals surface area contributed by atoms with Gasteiger partial charge in [-0.25, -0.2) is 4.39 Å². The molecule has 0 saturated carbocycles. The van der Waals surface area contributed by atoms with Crippen LogP contribution in [0.5, 0.6) is 0 Å². The molecule has 1 fully saturated rings. The van der Waals surface area contributed by atoms with Crippen LogP contribution in [0.1, 0.15) is 46.9 Å². The Morgan fingerprint density at radius 3 is 3.00 bits per heavy atom. The number of hydrogen-bond acceptors (Lipinski definition) is 5. The third-order valence-corrected chi connectivity index (χ3v) is 4.01. The lowest BCUT2D eigenvalue weighted by atomic mass is 10.1. The number of H-pyrrole nitrogens is 1. The molecular formula is C17H21FN4O2. The first-order valence-corrected chi connectivity index (χ1v) is 8.22. The molecule has 128 valence electrons. The van der Waals surface area contributed by atoms with Crippen LogP contribution in [0.2, 0.25) is 0 Å². The minimum atomic E-state index is -0.534. The monoisotopic (exact) mass is 332 g/mol. The number of ketones is 1. The zero-order valence-corrected chi connectivity index (χ0v) is 13.6. The van der Waals surface area contributed by atoms with Crippen molar-refractivity contribution in [3.63, 3.8) is 0 Å². The van der Waals surface area contributed by atoms with Crippen molar-refractivity contribution in [2.24, 2.45) is 0 Å². The molecular weight excluding hydrogens is 311 g/mol. The topological polar surface area (TPSA) is 79.9 Å². The third-order valence-electron chi connectivity index (χ3n) is 4.01. The first-order chi connectivity index (χ1) is 11.7. The molecule has 6 nitrogen and oxygen atoms in total. The van der Waals surface area contributed by atoms with E-state index in [-0.39, 0.29) is 24.0 Å². The van der Waals surface area contributed by atoms with Crippen LogP contribution in [0.25, 0.3) is 0 Å². The van der Waals surface area contributed by atoms with E-state index in [9.17, 15) is 9.18 Å². The molecule has 1 saturated heterocycles. The Bertz CT molecular complexity index is 693. The SMILES string of the molecule is CCCc1[nH]nc(C(=O)Cc2ccc([C@H]3CNCCO3)nc2)c1F. The van der Waals surface area contributed by atoms with Gasteiger partial charge < -0.3 is 10.1 Å². The van der Waals surface area contributed by atoms with Crippen LogP contribution in [0.4, 0.5) is 4.39 Å². The number of aryl methyl sites for hydroxylation is 1. The quantitative estimate of drug-likeness (QED) is 0.791. The van der Waals surface area contributed by atoms with E-state index in [2.05, 4.69) is 20.5 Å². The van der Waals surface area contributed by atoms with Crippen molar-refractivity contribution in [2.75, 3.05) is 19.7 Å². The number of nitrogens with zero attached hydrogens (tertiary/aromatic N) is 2. The summed E-state index contributed by atoms with van der Waals surface area (Å²) < 4.78 is 19.8. The van der Waals surface area contributed by atoms with E-state index >= 15 is 0 Å². The number of ether oxygens (including phenoxy) is 1. The van der Waals surface area contributed by atoms with Crippen LogP contribution >= 0.6 is 0 Å². The van der Waals surface area contributed by atoms with Gasteiger partial charge in [0.25, 0.3) is 0 Å². The number of morpholine rings is 1. The van der Waals surface area contributed by atoms with Gasteiger partial charge in [-0.2, -0.15) is 5.10 Å². The summed E-state index contributed by atoms with van der Waals surface area (Å²) in [6.07, 6.45) is 2.98. The number of Topliss-reactive ketones (excluding diaryl/α,β-unsaturated/α-hetero) is 1. The lowest BCUT2D eigenvalue weighted by Gasteiger charge is -2.23. The smallest absolute Gasteiger partial charge is 0.190 e. The fourth-order valence-electron chi connectivity index (χ4n) is 2.72. The first-order valence-electron chi connectivity index (χ1n) is 8.22. The summed E-state index contributed by atoms with van der Waals surface area (Å²) in [6.45, 7) is 4.17. The largest absolute Gasteiger partial charge is 0.369 e. The average molecular weight is 332 g/mol. The van der Waals surface area contributed by atoms with Gasteiger partial charge in [0.2, 0.25) is 0 Å². The Kier molecular flexibility index (Phi) is 5.32. The standard InChI is InChI=1S/C17H21FN4O2/c1-2-3-13-16(18)17(22-21-13)14(23)8-11-4-5-12(20-9-11)15-10-19-6-7-24-15/h4-5,9,15,19H,2-3,6-8,10H2,1H3,(H,21,22)/t15-/m1/s1. The van der Waals surface area contributed by atoms with Crippen molar-refractivity contribution < 1.29 is 13.9 Å². The van der Waals surface area contributed by atoms with E-state index in [1.807, 2.05) is 19.1 Å². The van der Waals surface area contributed by atoms with Gasteiger partial charge >= 0.3 is 0 Å². The fourth-order valence-corrected chi connectivity index (χ4v) is 2.72. The fraction of sp³-hybridized carbons (Fsp3) is 0.471. The summed E-state index contributed by atoms with van der Waals surface area (Å²) in [5.74, 6) is -0.885. The second kappa shape index (κ2) is 7.63. The van der Waals surface area contributed by atoms with Gasteiger partial charge in [-0.05, 0) is 18.1 Å². The van der Waals surface area contributed by atoms with Gasteiger partial charge in [0.1, 0.15) is 6.10 Å². The van der Waals surface area contributed by atoms with Crippen molar-refractivity contribution >= 4 is 5.78 Å². The summed E-state index contributed by atoms with van der Waals surface area (Å²) in [6, 6.07) is 3.68. The molecule has 1 aliphatic heterocycles. The van der Waals surface area contributed by atoms with E-state index in [1.165, 1.54) is 0 Å². The number of pyridine rings is 1. The summed E-state index contributed by atoms with van der Waals surface area (Å²) in [5, 5.41) is 9.68. The molecule has 3 heterocycles. The maximum absolute atomic E-state index is 14.1. The van der Waals surface area contributed by atoms with Crippen molar-refractivity contribution in [2.45, 2.75) is 32.3 Å². The van der Waals surface area contributed by atoms with Crippen LogP contribution in [0.3, 0.4) is 0 Å². The van der Waals surface area contributed by atoms with Crippen molar-refractivity contribution in [1.82, 2.24) is 20.5 Å². The van der Waals surface area contributed by atoms with E-state index < -0.39 is 5.82 Å². The average Bonchev–Trinajstić information content (AvgIpc) is 2.98. The molecule has 3 rings (SSSR count). The van der Waals surface area contributed by atoms with Crippen LogP contribution in [-0.2, 0) is 17.6 Å². The highest BCUT2D eigenvalue weighted by Crippen LogP contribution is 2.18. The molecule has 0 radical (unpaired) electrons. The van der Waals surface area contributed by atoms with Gasteiger partial charge in [0.15, 0.2) is 17.3 Å². The highest BCUT2D eigenvalue weighted by molar-refractivity contribution is 5.96. The maximum Gasteiger partial charge on any atom is 0.190 e. The normalized spacial score (nSPS) is 17.8. The Balaban J connectivity index is 1.66. The molecule has 0 aliphatic carbocycles. The lowest BCUT2D eigenvalue weighted by Crippen LogP contribution is -2.33. The van der Waals surface area contributed by atoms with Gasteiger partial charge in [-0.1, -0.05) is 19.4 Å². The van der Waals surface area contributed by atoms with E-state index in [1.54, 1.807) is 6.20 Å². The van der Waals surface area contributed by atoms with Crippen LogP contribution < -0.4 is 5.32 Å². The van der Waals surface area contributed by atoms with Crippen molar-refractivity contribution in [3.8, 4) is 0 Å². The van der Waals surface area contributed by atoms with Crippen molar-refractivity contribution in [1.29, 1.82) is 0 Å². The van der Waals surface area contributed by atoms with Gasteiger partial charge in [0, 0.05) is 25.7 Å². The minimum Gasteiger partial charge on any atom is -0.369 e. The molecule has 2 aromatic heterocycles. The number of carbonyl (C=O) groups is 1. The summed E-state index contributed by atoms with van der Waals surface area (Å²) in [7, 11) is 0. The Hall–Kier alpha value is -2.12.